The molecule has 1 aliphatic rings. The Bertz CT molecular complexity index is 836. The largest absolute Gasteiger partial charge is 0.482 e. The van der Waals surface area contributed by atoms with Crippen molar-refractivity contribution in [3.8, 4) is 11.6 Å². The van der Waals surface area contributed by atoms with Gasteiger partial charge in [0.25, 0.3) is 5.91 Å². The number of nitrogens with zero attached hydrogens (tertiary/aromatic N) is 2. The van der Waals surface area contributed by atoms with E-state index < -0.39 is 12.6 Å². The maximum absolute atomic E-state index is 12.7. The summed E-state index contributed by atoms with van der Waals surface area (Å²) in [5.74, 6) is -0.0120. The van der Waals surface area contributed by atoms with Gasteiger partial charge in [-0.3, -0.25) is 4.79 Å². The number of rotatable bonds is 8. The minimum Gasteiger partial charge on any atom is -0.482 e. The van der Waals surface area contributed by atoms with E-state index >= 15 is 0 Å². The Morgan fingerprint density at radius 3 is 2.56 bits per heavy atom. The summed E-state index contributed by atoms with van der Waals surface area (Å²) in [5, 5.41) is 8.92. The molecule has 1 aliphatic carbocycles. The number of carbonyl (C=O) groups excluding carboxylic acids is 1. The lowest BCUT2D eigenvalue weighted by Crippen LogP contribution is -2.26. The maximum Gasteiger partial charge on any atom is 0.341 e. The molecule has 1 amide bonds. The number of pyridine rings is 1. The average molecular weight is 391 g/mol. The van der Waals surface area contributed by atoms with E-state index in [1.54, 1.807) is 37.4 Å². The Balaban J connectivity index is 1.65. The van der Waals surface area contributed by atoms with E-state index in [-0.39, 0.29) is 5.91 Å². The van der Waals surface area contributed by atoms with Crippen LogP contribution in [0.3, 0.4) is 0 Å². The highest BCUT2D eigenvalue weighted by Crippen LogP contribution is 2.31. The van der Waals surface area contributed by atoms with Gasteiger partial charge in [-0.1, -0.05) is 11.6 Å². The Morgan fingerprint density at radius 2 is 1.96 bits per heavy atom. The second-order valence-electron chi connectivity index (χ2n) is 6.31. The summed E-state index contributed by atoms with van der Waals surface area (Å²) in [4.78, 5) is 28.8. The van der Waals surface area contributed by atoms with Crippen molar-refractivity contribution in [2.45, 2.75) is 12.8 Å². The molecule has 1 heterocycles. The van der Waals surface area contributed by atoms with Gasteiger partial charge in [-0.2, -0.15) is 0 Å². The molecule has 0 atom stereocenters. The van der Waals surface area contributed by atoms with E-state index in [1.165, 1.54) is 23.9 Å². The molecule has 7 nitrogen and oxygen atoms in total. The lowest BCUT2D eigenvalue weighted by molar-refractivity contribution is -0.139. The van der Waals surface area contributed by atoms with Gasteiger partial charge in [0.05, 0.1) is 12.2 Å². The van der Waals surface area contributed by atoms with Crippen molar-refractivity contribution in [1.29, 1.82) is 0 Å². The Hall–Kier alpha value is -2.80. The highest BCUT2D eigenvalue weighted by molar-refractivity contribution is 6.32. The normalized spacial score (nSPS) is 13.1. The first-order valence-electron chi connectivity index (χ1n) is 8.45. The number of amides is 1. The lowest BCUT2D eigenvalue weighted by atomic mass is 10.2. The van der Waals surface area contributed by atoms with Gasteiger partial charge < -0.3 is 19.5 Å². The van der Waals surface area contributed by atoms with E-state index in [4.69, 9.17) is 26.2 Å². The van der Waals surface area contributed by atoms with Gasteiger partial charge in [0.1, 0.15) is 10.8 Å². The summed E-state index contributed by atoms with van der Waals surface area (Å²) in [5.41, 5.74) is 0.959. The van der Waals surface area contributed by atoms with Gasteiger partial charge in [0.15, 0.2) is 6.61 Å². The highest BCUT2D eigenvalue weighted by atomic mass is 35.5. The van der Waals surface area contributed by atoms with Gasteiger partial charge in [-0.25, -0.2) is 9.78 Å². The third-order valence-electron chi connectivity index (χ3n) is 4.10. The molecule has 1 fully saturated rings. The fourth-order valence-electron chi connectivity index (χ4n) is 2.35. The summed E-state index contributed by atoms with van der Waals surface area (Å²) in [6, 6.07) is 8.07. The Morgan fingerprint density at radius 1 is 1.26 bits per heavy atom. The summed E-state index contributed by atoms with van der Waals surface area (Å²) < 4.78 is 10.6. The SMILES string of the molecule is CN(C(=O)c1cnc(OCC2CC2)c(Cl)c1)c1ccc(OCC(=O)O)cc1. The quantitative estimate of drug-likeness (QED) is 0.744. The van der Waals surface area contributed by atoms with E-state index in [0.29, 0.717) is 40.4 Å². The van der Waals surface area contributed by atoms with Crippen LogP contribution in [-0.4, -0.2) is 42.2 Å². The van der Waals surface area contributed by atoms with Crippen LogP contribution < -0.4 is 14.4 Å². The van der Waals surface area contributed by atoms with Crippen LogP contribution in [0, 0.1) is 5.92 Å². The average Bonchev–Trinajstić information content (AvgIpc) is 3.49. The first-order chi connectivity index (χ1) is 12.9. The third-order valence-corrected chi connectivity index (χ3v) is 4.37. The molecule has 0 saturated heterocycles. The molecule has 0 spiro atoms. The number of hydrogen-bond donors (Lipinski definition) is 1. The monoisotopic (exact) mass is 390 g/mol. The molecule has 2 aromatic rings. The molecule has 3 rings (SSSR count). The van der Waals surface area contributed by atoms with E-state index in [1.807, 2.05) is 0 Å². The smallest absolute Gasteiger partial charge is 0.341 e. The third kappa shape index (κ3) is 5.10. The molecule has 27 heavy (non-hydrogen) atoms. The maximum atomic E-state index is 12.7. The predicted molar refractivity (Wildman–Crippen MR) is 99.8 cm³/mol. The van der Waals surface area contributed by atoms with Gasteiger partial charge >= 0.3 is 5.97 Å². The molecule has 0 aliphatic heterocycles. The van der Waals surface area contributed by atoms with Gasteiger partial charge in [-0.05, 0) is 49.1 Å². The first kappa shape index (κ1) is 19.0. The molecule has 142 valence electrons. The van der Waals surface area contributed by atoms with Crippen molar-refractivity contribution in [1.82, 2.24) is 4.98 Å². The zero-order chi connectivity index (χ0) is 19.4. The summed E-state index contributed by atoms with van der Waals surface area (Å²) in [7, 11) is 1.63. The number of carbonyl (C=O) groups is 2. The van der Waals surface area contributed by atoms with Crippen LogP contribution in [0.2, 0.25) is 5.02 Å². The zero-order valence-corrected chi connectivity index (χ0v) is 15.5. The van der Waals surface area contributed by atoms with Crippen LogP contribution in [0.1, 0.15) is 23.2 Å². The summed E-state index contributed by atoms with van der Waals surface area (Å²) >= 11 is 6.19. The van der Waals surface area contributed by atoms with E-state index in [0.717, 1.165) is 0 Å². The van der Waals surface area contributed by atoms with Gasteiger partial charge in [0.2, 0.25) is 5.88 Å². The molecule has 0 bridgehead atoms. The van der Waals surface area contributed by atoms with E-state index in [9.17, 15) is 9.59 Å². The fraction of sp³-hybridized carbons (Fsp3) is 0.316. The topological polar surface area (TPSA) is 89.0 Å². The van der Waals surface area contributed by atoms with Crippen molar-refractivity contribution < 1.29 is 24.2 Å². The molecule has 0 unspecified atom stereocenters. The van der Waals surface area contributed by atoms with Crippen molar-refractivity contribution in [3.63, 3.8) is 0 Å². The first-order valence-corrected chi connectivity index (χ1v) is 8.83. The van der Waals surface area contributed by atoms with Crippen LogP contribution in [0.25, 0.3) is 0 Å². The number of aliphatic carboxylic acids is 1. The van der Waals surface area contributed by atoms with E-state index in [2.05, 4.69) is 4.98 Å². The van der Waals surface area contributed by atoms with Gasteiger partial charge in [0, 0.05) is 18.9 Å². The minimum absolute atomic E-state index is 0.280. The number of carboxylic acid groups (broad SMARTS) is 1. The van der Waals surface area contributed by atoms with Crippen molar-refractivity contribution in [2.24, 2.45) is 5.92 Å². The zero-order valence-electron chi connectivity index (χ0n) is 14.7. The van der Waals surface area contributed by atoms with Crippen LogP contribution in [0.5, 0.6) is 11.6 Å². The predicted octanol–water partition coefficient (Wildman–Crippen LogP) is 3.26. The molecule has 0 radical (unpaired) electrons. The molecule has 1 N–H and O–H groups in total. The molecule has 1 saturated carbocycles. The second-order valence-corrected chi connectivity index (χ2v) is 6.71. The number of aromatic nitrogens is 1. The standard InChI is InChI=1S/C19H19ClN2O5/c1-22(14-4-6-15(7-5-14)26-11-17(23)24)19(25)13-8-16(20)18(21-9-13)27-10-12-2-3-12/h4-9,12H,2-3,10-11H2,1H3,(H,23,24). The van der Waals surface area contributed by atoms with Crippen molar-refractivity contribution in [3.05, 3.63) is 47.1 Å². The Kier molecular flexibility index (Phi) is 5.81. The summed E-state index contributed by atoms with van der Waals surface area (Å²) in [6.07, 6.45) is 3.77. The number of carboxylic acids is 1. The van der Waals surface area contributed by atoms with Crippen molar-refractivity contribution >= 4 is 29.2 Å². The lowest BCUT2D eigenvalue weighted by Gasteiger charge is -2.18. The van der Waals surface area contributed by atoms with Crippen LogP contribution in [0.15, 0.2) is 36.5 Å². The van der Waals surface area contributed by atoms with Gasteiger partial charge in [-0.15, -0.1) is 0 Å². The molecule has 8 heteroatoms. The van der Waals surface area contributed by atoms with Crippen LogP contribution >= 0.6 is 11.6 Å². The van der Waals surface area contributed by atoms with Crippen LogP contribution in [-0.2, 0) is 4.79 Å². The van der Waals surface area contributed by atoms with Crippen LogP contribution in [0.4, 0.5) is 5.69 Å². The highest BCUT2D eigenvalue weighted by Gasteiger charge is 2.23. The molecular formula is C19H19ClN2O5. The summed E-state index contributed by atoms with van der Waals surface area (Å²) in [6.45, 7) is 0.170. The number of hydrogen-bond acceptors (Lipinski definition) is 5. The number of ether oxygens (including phenoxy) is 2. The molecule has 1 aromatic carbocycles. The number of benzene rings is 1. The molecule has 1 aromatic heterocycles. The number of anilines is 1. The fourth-order valence-corrected chi connectivity index (χ4v) is 2.57. The molecular weight excluding hydrogens is 372 g/mol. The Labute approximate surface area is 161 Å². The van der Waals surface area contributed by atoms with Crippen molar-refractivity contribution in [2.75, 3.05) is 25.2 Å². The minimum atomic E-state index is -1.06. The number of halogens is 1. The second kappa shape index (κ2) is 8.26.